The molecule has 64 heavy (non-hydrogen) atoms. The van der Waals surface area contributed by atoms with Crippen molar-refractivity contribution in [2.75, 3.05) is 49.1 Å². The zero-order valence-corrected chi connectivity index (χ0v) is 35.9. The van der Waals surface area contributed by atoms with Crippen molar-refractivity contribution in [3.63, 3.8) is 0 Å². The summed E-state index contributed by atoms with van der Waals surface area (Å²) in [6.45, 7) is 2.36. The first-order valence-corrected chi connectivity index (χ1v) is 21.6. The SMILES string of the molecule is C=CC(=O)N1CCN(c2snc3c(F)c(-c4c(F)cccc4O/C=C/C(=O)N4CCN(c5snc6c(F)c(C7=C(O)C=CCC7F)c(Cl)cc56)[C@@H](C(F)F)C4)c(Cl)cc23)[C@H](C(F)F)C1. The number of fused-ring (bicyclic) bond motifs is 2. The Morgan fingerprint density at radius 2 is 1.38 bits per heavy atom. The van der Waals surface area contributed by atoms with Crippen LogP contribution in [0.1, 0.15) is 12.0 Å². The van der Waals surface area contributed by atoms with E-state index < -0.39 is 83.8 Å². The summed E-state index contributed by atoms with van der Waals surface area (Å²) in [6.07, 6.45) is -2.38. The van der Waals surface area contributed by atoms with Crippen molar-refractivity contribution in [1.82, 2.24) is 18.5 Å². The van der Waals surface area contributed by atoms with Crippen LogP contribution >= 0.6 is 46.3 Å². The van der Waals surface area contributed by atoms with Gasteiger partial charge in [-0.15, -0.1) is 0 Å². The quantitative estimate of drug-likeness (QED) is 0.0839. The lowest BCUT2D eigenvalue weighted by Crippen LogP contribution is -2.57. The summed E-state index contributed by atoms with van der Waals surface area (Å²) in [6, 6.07) is 3.00. The molecule has 0 saturated carbocycles. The molecule has 2 aromatic heterocycles. The van der Waals surface area contributed by atoms with Crippen molar-refractivity contribution in [1.29, 1.82) is 0 Å². The first-order valence-electron chi connectivity index (χ1n) is 19.3. The number of hydrogen-bond donors (Lipinski definition) is 1. The summed E-state index contributed by atoms with van der Waals surface area (Å²) < 4.78 is 135. The number of benzene rings is 3. The highest BCUT2D eigenvalue weighted by Crippen LogP contribution is 2.46. The Morgan fingerprint density at radius 1 is 0.828 bits per heavy atom. The zero-order valence-electron chi connectivity index (χ0n) is 32.8. The maximum absolute atomic E-state index is 16.4. The van der Waals surface area contributed by atoms with E-state index in [1.54, 1.807) is 0 Å². The van der Waals surface area contributed by atoms with Gasteiger partial charge in [0.05, 0.1) is 21.9 Å². The van der Waals surface area contributed by atoms with Gasteiger partial charge in [-0.3, -0.25) is 9.59 Å². The van der Waals surface area contributed by atoms with E-state index in [0.29, 0.717) is 11.5 Å². The van der Waals surface area contributed by atoms with Crippen molar-refractivity contribution in [2.24, 2.45) is 0 Å². The first kappa shape index (κ1) is 45.1. The number of aliphatic hydroxyl groups excluding tert-OH is 1. The molecular weight excluding hydrogens is 940 g/mol. The molecule has 1 N–H and O–H groups in total. The third-order valence-electron chi connectivity index (χ3n) is 11.1. The number of alkyl halides is 5. The van der Waals surface area contributed by atoms with Crippen molar-refractivity contribution in [2.45, 2.75) is 37.5 Å². The number of anilines is 2. The molecule has 2 amide bonds. The van der Waals surface area contributed by atoms with Gasteiger partial charge in [-0.2, -0.15) is 8.75 Å². The smallest absolute Gasteiger partial charge is 0.260 e. The fourth-order valence-corrected chi connectivity index (χ4v) is 10.5. The molecule has 3 atom stereocenters. The number of halogens is 10. The summed E-state index contributed by atoms with van der Waals surface area (Å²) in [5.74, 6) is -5.19. The summed E-state index contributed by atoms with van der Waals surface area (Å²) in [5, 5.41) is 10.2. The zero-order chi connectivity index (χ0) is 45.7. The van der Waals surface area contributed by atoms with Gasteiger partial charge in [-0.25, -0.2) is 35.1 Å². The average molecular weight is 972 g/mol. The number of hydrogen-bond acceptors (Lipinski definition) is 10. The van der Waals surface area contributed by atoms with Crippen LogP contribution in [0.15, 0.2) is 73.2 Å². The van der Waals surface area contributed by atoms with Crippen LogP contribution in [-0.2, 0) is 9.59 Å². The fourth-order valence-electron chi connectivity index (χ4n) is 8.04. The molecule has 5 aromatic rings. The van der Waals surface area contributed by atoms with E-state index in [0.717, 1.165) is 40.9 Å². The second-order valence-corrected chi connectivity index (χ2v) is 17.1. The molecule has 10 nitrogen and oxygen atoms in total. The number of allylic oxidation sites excluding steroid dienone is 3. The molecule has 3 aliphatic rings. The van der Waals surface area contributed by atoms with E-state index in [1.807, 2.05) is 0 Å². The molecule has 336 valence electrons. The predicted octanol–water partition coefficient (Wildman–Crippen LogP) is 10.2. The molecule has 3 aromatic carbocycles. The van der Waals surface area contributed by atoms with E-state index in [2.05, 4.69) is 15.3 Å². The lowest BCUT2D eigenvalue weighted by atomic mass is 9.93. The third kappa shape index (κ3) is 8.13. The molecule has 8 rings (SSSR count). The van der Waals surface area contributed by atoms with Crippen LogP contribution in [-0.4, -0.2) is 106 Å². The van der Waals surface area contributed by atoms with E-state index in [4.69, 9.17) is 27.9 Å². The van der Waals surface area contributed by atoms with Gasteiger partial charge in [-0.1, -0.05) is 41.9 Å². The largest absolute Gasteiger partial charge is 0.508 e. The molecule has 1 unspecified atom stereocenters. The number of aliphatic hydroxyl groups is 1. The second-order valence-electron chi connectivity index (χ2n) is 14.8. The van der Waals surface area contributed by atoms with Gasteiger partial charge in [0.1, 0.15) is 56.6 Å². The van der Waals surface area contributed by atoms with Crippen molar-refractivity contribution >= 4 is 95.5 Å². The number of aromatic nitrogens is 2. The Kier molecular flexibility index (Phi) is 12.8. The van der Waals surface area contributed by atoms with E-state index in [-0.39, 0.29) is 97.9 Å². The van der Waals surface area contributed by atoms with Crippen LogP contribution < -0.4 is 14.5 Å². The fraction of sp³-hybridized carbons (Fsp3) is 0.286. The number of carbonyl (C=O) groups excluding carboxylic acids is 2. The minimum absolute atomic E-state index is 0.0311. The number of nitrogens with zero attached hydrogens (tertiary/aromatic N) is 6. The Balaban J connectivity index is 1.01. The normalized spacial score (nSPS) is 19.7. The van der Waals surface area contributed by atoms with Crippen molar-refractivity contribution in [3.8, 4) is 16.9 Å². The van der Waals surface area contributed by atoms with Gasteiger partial charge in [0.15, 0.2) is 11.6 Å². The summed E-state index contributed by atoms with van der Waals surface area (Å²) in [7, 11) is 0. The molecule has 22 heteroatoms. The molecule has 2 aliphatic heterocycles. The number of ether oxygens (including phenoxy) is 1. The first-order chi connectivity index (χ1) is 30.6. The summed E-state index contributed by atoms with van der Waals surface area (Å²) in [5.41, 5.74) is -2.23. The molecule has 0 spiro atoms. The highest BCUT2D eigenvalue weighted by Gasteiger charge is 2.39. The van der Waals surface area contributed by atoms with Crippen molar-refractivity contribution in [3.05, 3.63) is 106 Å². The molecule has 0 bridgehead atoms. The van der Waals surface area contributed by atoms with E-state index in [1.165, 1.54) is 51.1 Å². The standard InChI is InChI=1S/C42H32Cl2F8N6O4S2/c1-2-29(60)55-10-12-57(25(17-55)39(49)50)42-20-16-22(44)32(36(48)38(20)54-64-42)34-24(46)6-4-8-28(34)62-14-9-30(61)56-11-13-58(26(18-56)40(51)52)41-19-15-21(43)31(35(47)37(19)53-63-41)33-23(45)5-3-7-27(33)59/h2-4,6-9,14-16,23,25-26,39-40,59H,1,5,10-13,17-18H2/b14-9+/t23?,25-,26+/m0/s1. The highest BCUT2D eigenvalue weighted by atomic mass is 35.5. The Labute approximate surface area is 376 Å². The van der Waals surface area contributed by atoms with Crippen LogP contribution in [0.3, 0.4) is 0 Å². The minimum atomic E-state index is -3.01. The molecule has 4 heterocycles. The number of rotatable bonds is 10. The summed E-state index contributed by atoms with van der Waals surface area (Å²) >= 11 is 14.5. The minimum Gasteiger partial charge on any atom is -0.508 e. The lowest BCUT2D eigenvalue weighted by molar-refractivity contribution is -0.128. The number of piperazine rings is 2. The predicted molar refractivity (Wildman–Crippen MR) is 230 cm³/mol. The van der Waals surface area contributed by atoms with E-state index in [9.17, 15) is 36.6 Å². The van der Waals surface area contributed by atoms with Gasteiger partial charge in [0, 0.05) is 79.2 Å². The Bertz CT molecular complexity index is 2790. The molecule has 1 aliphatic carbocycles. The van der Waals surface area contributed by atoms with Gasteiger partial charge >= 0.3 is 0 Å². The van der Waals surface area contributed by atoms with Crippen LogP contribution in [0.5, 0.6) is 5.75 Å². The molecular formula is C42H32Cl2F8N6O4S2. The Morgan fingerprint density at radius 3 is 1.92 bits per heavy atom. The van der Waals surface area contributed by atoms with Crippen molar-refractivity contribution < 1.29 is 54.6 Å². The molecule has 0 radical (unpaired) electrons. The van der Waals surface area contributed by atoms with Gasteiger partial charge in [0.2, 0.25) is 11.8 Å². The van der Waals surface area contributed by atoms with Gasteiger partial charge in [-0.05, 0) is 59.5 Å². The maximum Gasteiger partial charge on any atom is 0.260 e. The number of amides is 2. The summed E-state index contributed by atoms with van der Waals surface area (Å²) in [4.78, 5) is 30.5. The van der Waals surface area contributed by atoms with Gasteiger partial charge < -0.3 is 29.4 Å². The van der Waals surface area contributed by atoms with Gasteiger partial charge in [0.25, 0.3) is 12.9 Å². The monoisotopic (exact) mass is 970 g/mol. The highest BCUT2D eigenvalue weighted by molar-refractivity contribution is 7.12. The van der Waals surface area contributed by atoms with E-state index >= 15 is 13.2 Å². The van der Waals surface area contributed by atoms with Crippen LogP contribution in [0, 0.1) is 17.5 Å². The molecule has 2 saturated heterocycles. The number of carbonyl (C=O) groups is 2. The third-order valence-corrected chi connectivity index (χ3v) is 13.5. The topological polar surface area (TPSA) is 102 Å². The van der Waals surface area contributed by atoms with Crippen LogP contribution in [0.25, 0.3) is 38.5 Å². The van der Waals surface area contributed by atoms with Crippen LogP contribution in [0.4, 0.5) is 45.1 Å². The maximum atomic E-state index is 16.4. The second kappa shape index (κ2) is 18.2. The average Bonchev–Trinajstić information content (AvgIpc) is 3.89. The van der Waals surface area contributed by atoms with Crippen LogP contribution in [0.2, 0.25) is 10.0 Å². The Hall–Kier alpha value is -5.44. The lowest BCUT2D eigenvalue weighted by Gasteiger charge is -2.41. The molecule has 2 fully saturated rings.